The molecule has 0 unspecified atom stereocenters. The molecule has 0 atom stereocenters. The first-order valence-corrected chi connectivity index (χ1v) is 4.34. The molecule has 0 bridgehead atoms. The molecular formula is C8H8BrClO. The van der Waals surface area contributed by atoms with E-state index in [1.807, 2.05) is 18.2 Å². The van der Waals surface area contributed by atoms with Crippen LogP contribution in [0.4, 0.5) is 0 Å². The Hall–Kier alpha value is -0.0500. The number of halogens is 2. The third kappa shape index (κ3) is 2.19. The Morgan fingerprint density at radius 2 is 2.27 bits per heavy atom. The Bertz CT molecular complexity index is 250. The molecule has 0 amide bonds. The summed E-state index contributed by atoms with van der Waals surface area (Å²) in [5.74, 6) is 0. The first-order chi connectivity index (χ1) is 5.25. The van der Waals surface area contributed by atoms with Crippen LogP contribution < -0.4 is 0 Å². The molecule has 0 aromatic heterocycles. The summed E-state index contributed by atoms with van der Waals surface area (Å²) in [4.78, 5) is 0. The third-order valence-corrected chi connectivity index (χ3v) is 2.81. The number of benzene rings is 1. The van der Waals surface area contributed by atoms with Crippen molar-refractivity contribution >= 4 is 27.5 Å². The first kappa shape index (κ1) is 9.04. The Kier molecular flexibility index (Phi) is 3.37. The van der Waals surface area contributed by atoms with E-state index in [1.54, 1.807) is 7.11 Å². The lowest BCUT2D eigenvalue weighted by Gasteiger charge is -2.03. The van der Waals surface area contributed by atoms with Crippen LogP contribution in [0.15, 0.2) is 22.7 Å². The maximum Gasteiger partial charge on any atom is 0.0724 e. The van der Waals surface area contributed by atoms with E-state index in [2.05, 4.69) is 15.9 Å². The van der Waals surface area contributed by atoms with Crippen molar-refractivity contribution in [2.75, 3.05) is 7.11 Å². The summed E-state index contributed by atoms with van der Waals surface area (Å²) in [5, 5.41) is 0.722. The van der Waals surface area contributed by atoms with Gasteiger partial charge in [0.1, 0.15) is 0 Å². The van der Waals surface area contributed by atoms with Gasteiger partial charge in [-0.2, -0.15) is 0 Å². The van der Waals surface area contributed by atoms with Crippen LogP contribution in [0, 0.1) is 0 Å². The van der Waals surface area contributed by atoms with E-state index in [1.165, 1.54) is 0 Å². The molecule has 3 heteroatoms. The Balaban J connectivity index is 2.96. The number of hydrogen-bond donors (Lipinski definition) is 0. The van der Waals surface area contributed by atoms with Crippen molar-refractivity contribution in [2.45, 2.75) is 6.61 Å². The van der Waals surface area contributed by atoms with Crippen LogP contribution in [0.5, 0.6) is 0 Å². The van der Waals surface area contributed by atoms with E-state index in [9.17, 15) is 0 Å². The minimum Gasteiger partial charge on any atom is -0.380 e. The van der Waals surface area contributed by atoms with Crippen LogP contribution in [-0.4, -0.2) is 7.11 Å². The van der Waals surface area contributed by atoms with E-state index < -0.39 is 0 Å². The molecule has 0 spiro atoms. The molecule has 0 heterocycles. The minimum absolute atomic E-state index is 0.584. The van der Waals surface area contributed by atoms with Gasteiger partial charge >= 0.3 is 0 Å². The van der Waals surface area contributed by atoms with Gasteiger partial charge in [0.15, 0.2) is 0 Å². The van der Waals surface area contributed by atoms with Gasteiger partial charge in [-0.3, -0.25) is 0 Å². The largest absolute Gasteiger partial charge is 0.380 e. The lowest BCUT2D eigenvalue weighted by Crippen LogP contribution is -1.88. The standard InChI is InChI=1S/C8H8BrClO/c1-11-5-6-3-2-4-7(10)8(6)9/h2-4H,5H2,1H3. The molecule has 1 aromatic carbocycles. The predicted molar refractivity (Wildman–Crippen MR) is 49.9 cm³/mol. The van der Waals surface area contributed by atoms with Crippen molar-refractivity contribution in [3.05, 3.63) is 33.3 Å². The second kappa shape index (κ2) is 4.10. The number of methoxy groups -OCH3 is 1. The van der Waals surface area contributed by atoms with Gasteiger partial charge in [0.2, 0.25) is 0 Å². The zero-order valence-electron chi connectivity index (χ0n) is 6.10. The average molecular weight is 236 g/mol. The van der Waals surface area contributed by atoms with Crippen molar-refractivity contribution in [1.82, 2.24) is 0 Å². The van der Waals surface area contributed by atoms with Crippen molar-refractivity contribution < 1.29 is 4.74 Å². The molecule has 0 saturated carbocycles. The van der Waals surface area contributed by atoms with Gasteiger partial charge < -0.3 is 4.74 Å². The molecule has 0 saturated heterocycles. The Morgan fingerprint density at radius 1 is 1.55 bits per heavy atom. The Labute approximate surface area is 79.4 Å². The smallest absolute Gasteiger partial charge is 0.0724 e. The molecule has 0 N–H and O–H groups in total. The van der Waals surface area contributed by atoms with E-state index in [0.29, 0.717) is 6.61 Å². The lowest BCUT2D eigenvalue weighted by atomic mass is 10.2. The molecule has 1 nitrogen and oxygen atoms in total. The van der Waals surface area contributed by atoms with Crippen LogP contribution >= 0.6 is 27.5 Å². The predicted octanol–water partition coefficient (Wildman–Crippen LogP) is 3.25. The molecule has 0 fully saturated rings. The van der Waals surface area contributed by atoms with Gasteiger partial charge in [0, 0.05) is 11.6 Å². The number of hydrogen-bond acceptors (Lipinski definition) is 1. The molecule has 0 aliphatic rings. The quantitative estimate of drug-likeness (QED) is 0.765. The van der Waals surface area contributed by atoms with Gasteiger partial charge in [-0.25, -0.2) is 0 Å². The van der Waals surface area contributed by atoms with Gasteiger partial charge in [-0.1, -0.05) is 23.7 Å². The van der Waals surface area contributed by atoms with Crippen LogP contribution in [0.25, 0.3) is 0 Å². The highest BCUT2D eigenvalue weighted by molar-refractivity contribution is 9.10. The molecule has 0 aliphatic carbocycles. The van der Waals surface area contributed by atoms with E-state index >= 15 is 0 Å². The highest BCUT2D eigenvalue weighted by Gasteiger charge is 2.01. The summed E-state index contributed by atoms with van der Waals surface area (Å²) >= 11 is 9.22. The summed E-state index contributed by atoms with van der Waals surface area (Å²) in [5.41, 5.74) is 1.07. The van der Waals surface area contributed by atoms with Gasteiger partial charge in [0.25, 0.3) is 0 Å². The molecule has 1 aromatic rings. The monoisotopic (exact) mass is 234 g/mol. The molecule has 0 aliphatic heterocycles. The normalized spacial score (nSPS) is 10.1. The number of ether oxygens (including phenoxy) is 1. The summed E-state index contributed by atoms with van der Waals surface area (Å²) in [6.07, 6.45) is 0. The highest BCUT2D eigenvalue weighted by Crippen LogP contribution is 2.26. The maximum absolute atomic E-state index is 5.85. The molecule has 0 radical (unpaired) electrons. The average Bonchev–Trinajstić information content (AvgIpc) is 1.99. The van der Waals surface area contributed by atoms with Crippen molar-refractivity contribution in [3.8, 4) is 0 Å². The summed E-state index contributed by atoms with van der Waals surface area (Å²) in [7, 11) is 1.66. The van der Waals surface area contributed by atoms with Crippen LogP contribution in [0.3, 0.4) is 0 Å². The van der Waals surface area contributed by atoms with E-state index in [-0.39, 0.29) is 0 Å². The zero-order chi connectivity index (χ0) is 8.27. The Morgan fingerprint density at radius 3 is 2.91 bits per heavy atom. The summed E-state index contributed by atoms with van der Waals surface area (Å²) in [6.45, 7) is 0.584. The third-order valence-electron chi connectivity index (χ3n) is 1.33. The number of rotatable bonds is 2. The minimum atomic E-state index is 0.584. The van der Waals surface area contributed by atoms with Crippen molar-refractivity contribution in [1.29, 1.82) is 0 Å². The second-order valence-corrected chi connectivity index (χ2v) is 3.35. The van der Waals surface area contributed by atoms with Crippen LogP contribution in [0.2, 0.25) is 5.02 Å². The van der Waals surface area contributed by atoms with E-state index in [0.717, 1.165) is 15.1 Å². The first-order valence-electron chi connectivity index (χ1n) is 3.17. The van der Waals surface area contributed by atoms with Crippen molar-refractivity contribution in [3.63, 3.8) is 0 Å². The molecular weight excluding hydrogens is 227 g/mol. The fraction of sp³-hybridized carbons (Fsp3) is 0.250. The maximum atomic E-state index is 5.85. The summed E-state index contributed by atoms with van der Waals surface area (Å²) in [6, 6.07) is 5.71. The van der Waals surface area contributed by atoms with Gasteiger partial charge in [-0.05, 0) is 27.6 Å². The van der Waals surface area contributed by atoms with E-state index in [4.69, 9.17) is 16.3 Å². The summed E-state index contributed by atoms with van der Waals surface area (Å²) < 4.78 is 5.89. The second-order valence-electron chi connectivity index (χ2n) is 2.15. The van der Waals surface area contributed by atoms with Crippen LogP contribution in [0.1, 0.15) is 5.56 Å². The molecule has 1 rings (SSSR count). The zero-order valence-corrected chi connectivity index (χ0v) is 8.45. The lowest BCUT2D eigenvalue weighted by molar-refractivity contribution is 0.184. The fourth-order valence-electron chi connectivity index (χ4n) is 0.815. The van der Waals surface area contributed by atoms with Crippen molar-refractivity contribution in [2.24, 2.45) is 0 Å². The molecule has 60 valence electrons. The fourth-order valence-corrected chi connectivity index (χ4v) is 1.39. The van der Waals surface area contributed by atoms with Gasteiger partial charge in [-0.15, -0.1) is 0 Å². The van der Waals surface area contributed by atoms with Crippen LogP contribution in [-0.2, 0) is 11.3 Å². The van der Waals surface area contributed by atoms with Gasteiger partial charge in [0.05, 0.1) is 11.6 Å². The topological polar surface area (TPSA) is 9.23 Å². The highest BCUT2D eigenvalue weighted by atomic mass is 79.9. The molecule has 11 heavy (non-hydrogen) atoms. The SMILES string of the molecule is COCc1cccc(Cl)c1Br.